The van der Waals surface area contributed by atoms with E-state index in [0.29, 0.717) is 0 Å². The highest BCUT2D eigenvalue weighted by molar-refractivity contribution is 4.88. The Kier molecular flexibility index (Phi) is 4.78. The summed E-state index contributed by atoms with van der Waals surface area (Å²) in [5.41, 5.74) is 0. The second-order valence-corrected chi connectivity index (χ2v) is 6.88. The zero-order chi connectivity index (χ0) is 13.1. The quantitative estimate of drug-likeness (QED) is 0.841. The predicted octanol–water partition coefficient (Wildman–Crippen LogP) is 1.93. The first kappa shape index (κ1) is 13.8. The first-order valence-corrected chi connectivity index (χ1v) is 8.50. The van der Waals surface area contributed by atoms with Gasteiger partial charge in [0.1, 0.15) is 0 Å². The molecule has 3 atom stereocenters. The monoisotopic (exact) mass is 265 g/mol. The molecule has 3 fully saturated rings. The lowest BCUT2D eigenvalue weighted by Crippen LogP contribution is -2.45. The molecule has 2 aliphatic heterocycles. The van der Waals surface area contributed by atoms with Crippen LogP contribution in [0.4, 0.5) is 0 Å². The Bertz CT molecular complexity index is 281. The molecule has 3 nitrogen and oxygen atoms in total. The van der Waals surface area contributed by atoms with E-state index in [2.05, 4.69) is 22.2 Å². The third-order valence-electron chi connectivity index (χ3n) is 5.66. The van der Waals surface area contributed by atoms with Crippen molar-refractivity contribution in [1.82, 2.24) is 15.1 Å². The minimum atomic E-state index is 0.775. The highest BCUT2D eigenvalue weighted by Gasteiger charge is 2.31. The van der Waals surface area contributed by atoms with Crippen LogP contribution in [0.3, 0.4) is 0 Å². The zero-order valence-electron chi connectivity index (χ0n) is 12.6. The van der Waals surface area contributed by atoms with Crippen molar-refractivity contribution in [2.24, 2.45) is 5.92 Å². The van der Waals surface area contributed by atoms with Crippen LogP contribution in [0.2, 0.25) is 0 Å². The maximum Gasteiger partial charge on any atom is 0.0223 e. The standard InChI is InChI=1S/C16H31N3/c1-17-16-8-3-2-6-14(16)12-18-9-5-11-19-10-4-7-15(19)13-18/h14-17H,2-13H2,1H3. The van der Waals surface area contributed by atoms with E-state index < -0.39 is 0 Å². The van der Waals surface area contributed by atoms with Gasteiger partial charge >= 0.3 is 0 Å². The summed E-state index contributed by atoms with van der Waals surface area (Å²) in [7, 11) is 2.16. The van der Waals surface area contributed by atoms with E-state index in [1.165, 1.54) is 77.7 Å². The number of fused-ring (bicyclic) bond motifs is 1. The van der Waals surface area contributed by atoms with Crippen LogP contribution in [0.5, 0.6) is 0 Å². The zero-order valence-corrected chi connectivity index (χ0v) is 12.6. The average Bonchev–Trinajstić information content (AvgIpc) is 2.78. The third-order valence-corrected chi connectivity index (χ3v) is 5.66. The van der Waals surface area contributed by atoms with Gasteiger partial charge in [-0.15, -0.1) is 0 Å². The Balaban J connectivity index is 1.55. The van der Waals surface area contributed by atoms with Crippen molar-refractivity contribution in [2.75, 3.05) is 39.8 Å². The highest BCUT2D eigenvalue weighted by Crippen LogP contribution is 2.27. The summed E-state index contributed by atoms with van der Waals surface area (Å²) in [6.07, 6.45) is 9.97. The Morgan fingerprint density at radius 2 is 1.79 bits per heavy atom. The van der Waals surface area contributed by atoms with E-state index in [-0.39, 0.29) is 0 Å². The lowest BCUT2D eigenvalue weighted by atomic mass is 9.84. The third kappa shape index (κ3) is 3.32. The molecule has 0 aromatic rings. The Hall–Kier alpha value is -0.120. The molecule has 0 radical (unpaired) electrons. The molecule has 2 saturated heterocycles. The van der Waals surface area contributed by atoms with Gasteiger partial charge in [0, 0.05) is 25.2 Å². The Morgan fingerprint density at radius 1 is 0.947 bits per heavy atom. The SMILES string of the molecule is CNC1CCCCC1CN1CCCN2CCCC2C1. The fraction of sp³-hybridized carbons (Fsp3) is 1.00. The summed E-state index contributed by atoms with van der Waals surface area (Å²) in [6, 6.07) is 1.65. The minimum Gasteiger partial charge on any atom is -0.317 e. The van der Waals surface area contributed by atoms with Gasteiger partial charge in [-0.05, 0) is 64.7 Å². The smallest absolute Gasteiger partial charge is 0.0223 e. The molecule has 0 bridgehead atoms. The summed E-state index contributed by atoms with van der Waals surface area (Å²) in [5, 5.41) is 3.57. The average molecular weight is 265 g/mol. The molecule has 3 unspecified atom stereocenters. The predicted molar refractivity (Wildman–Crippen MR) is 80.5 cm³/mol. The van der Waals surface area contributed by atoms with Crippen molar-refractivity contribution in [2.45, 2.75) is 57.0 Å². The molecule has 0 spiro atoms. The molecule has 1 saturated carbocycles. The molecule has 19 heavy (non-hydrogen) atoms. The second-order valence-electron chi connectivity index (χ2n) is 6.88. The number of nitrogens with zero attached hydrogens (tertiary/aromatic N) is 2. The fourth-order valence-corrected chi connectivity index (χ4v) is 4.59. The summed E-state index contributed by atoms with van der Waals surface area (Å²) in [4.78, 5) is 5.53. The van der Waals surface area contributed by atoms with Gasteiger partial charge in [0.2, 0.25) is 0 Å². The summed E-state index contributed by atoms with van der Waals surface area (Å²) < 4.78 is 0. The second kappa shape index (κ2) is 6.55. The van der Waals surface area contributed by atoms with Crippen molar-refractivity contribution in [3.05, 3.63) is 0 Å². The van der Waals surface area contributed by atoms with E-state index in [0.717, 1.165) is 18.0 Å². The van der Waals surface area contributed by atoms with Gasteiger partial charge in [0.05, 0.1) is 0 Å². The maximum atomic E-state index is 3.57. The highest BCUT2D eigenvalue weighted by atomic mass is 15.3. The summed E-state index contributed by atoms with van der Waals surface area (Å²) >= 11 is 0. The number of nitrogens with one attached hydrogen (secondary N) is 1. The summed E-state index contributed by atoms with van der Waals surface area (Å²) in [6.45, 7) is 6.73. The molecule has 0 aromatic carbocycles. The molecule has 3 rings (SSSR count). The normalized spacial score (nSPS) is 38.1. The molecule has 110 valence electrons. The molecule has 2 heterocycles. The van der Waals surface area contributed by atoms with Crippen LogP contribution in [-0.2, 0) is 0 Å². The molecule has 0 amide bonds. The van der Waals surface area contributed by atoms with Gasteiger partial charge in [-0.1, -0.05) is 12.8 Å². The van der Waals surface area contributed by atoms with Crippen LogP contribution in [0.15, 0.2) is 0 Å². The molecule has 1 aliphatic carbocycles. The van der Waals surface area contributed by atoms with Gasteiger partial charge in [-0.25, -0.2) is 0 Å². The van der Waals surface area contributed by atoms with Gasteiger partial charge < -0.3 is 10.2 Å². The van der Waals surface area contributed by atoms with Gasteiger partial charge in [0.25, 0.3) is 0 Å². The fourth-order valence-electron chi connectivity index (χ4n) is 4.59. The van der Waals surface area contributed by atoms with Crippen LogP contribution in [-0.4, -0.2) is 61.7 Å². The minimum absolute atomic E-state index is 0.775. The molecule has 3 aliphatic rings. The molecule has 1 N–H and O–H groups in total. The van der Waals surface area contributed by atoms with Crippen LogP contribution >= 0.6 is 0 Å². The van der Waals surface area contributed by atoms with E-state index >= 15 is 0 Å². The molecule has 0 aromatic heterocycles. The Labute approximate surface area is 118 Å². The number of hydrogen-bond donors (Lipinski definition) is 1. The number of hydrogen-bond acceptors (Lipinski definition) is 3. The van der Waals surface area contributed by atoms with Crippen molar-refractivity contribution in [1.29, 1.82) is 0 Å². The van der Waals surface area contributed by atoms with Gasteiger partial charge in [0.15, 0.2) is 0 Å². The summed E-state index contributed by atoms with van der Waals surface area (Å²) in [5.74, 6) is 0.895. The first-order chi connectivity index (χ1) is 9.36. The van der Waals surface area contributed by atoms with E-state index in [4.69, 9.17) is 0 Å². The van der Waals surface area contributed by atoms with Crippen molar-refractivity contribution in [3.63, 3.8) is 0 Å². The molecular formula is C16H31N3. The maximum absolute atomic E-state index is 3.57. The van der Waals surface area contributed by atoms with Gasteiger partial charge in [-0.2, -0.15) is 0 Å². The Morgan fingerprint density at radius 3 is 2.68 bits per heavy atom. The molecule has 3 heteroatoms. The van der Waals surface area contributed by atoms with E-state index in [9.17, 15) is 0 Å². The van der Waals surface area contributed by atoms with Gasteiger partial charge in [-0.3, -0.25) is 4.90 Å². The van der Waals surface area contributed by atoms with Crippen LogP contribution in [0.25, 0.3) is 0 Å². The van der Waals surface area contributed by atoms with Crippen molar-refractivity contribution in [3.8, 4) is 0 Å². The largest absolute Gasteiger partial charge is 0.317 e. The lowest BCUT2D eigenvalue weighted by Gasteiger charge is -2.36. The lowest BCUT2D eigenvalue weighted by molar-refractivity contribution is 0.159. The first-order valence-electron chi connectivity index (χ1n) is 8.50. The molecular weight excluding hydrogens is 234 g/mol. The van der Waals surface area contributed by atoms with E-state index in [1.54, 1.807) is 0 Å². The topological polar surface area (TPSA) is 18.5 Å². The van der Waals surface area contributed by atoms with Crippen LogP contribution in [0, 0.1) is 5.92 Å². The van der Waals surface area contributed by atoms with Crippen molar-refractivity contribution >= 4 is 0 Å². The van der Waals surface area contributed by atoms with Crippen molar-refractivity contribution < 1.29 is 0 Å². The number of rotatable bonds is 3. The van der Waals surface area contributed by atoms with Crippen LogP contribution in [0.1, 0.15) is 44.9 Å². The van der Waals surface area contributed by atoms with E-state index in [1.807, 2.05) is 0 Å². The van der Waals surface area contributed by atoms with Crippen LogP contribution < -0.4 is 5.32 Å².